The summed E-state index contributed by atoms with van der Waals surface area (Å²) in [5, 5.41) is 0. The molecule has 0 bridgehead atoms. The second-order valence-corrected chi connectivity index (χ2v) is 5.76. The summed E-state index contributed by atoms with van der Waals surface area (Å²) in [5.74, 6) is 0.982. The molecule has 2 N–H and O–H groups in total. The van der Waals surface area contributed by atoms with Crippen molar-refractivity contribution in [1.29, 1.82) is 0 Å². The molecule has 0 amide bonds. The van der Waals surface area contributed by atoms with Gasteiger partial charge >= 0.3 is 0 Å². The van der Waals surface area contributed by atoms with E-state index in [9.17, 15) is 0 Å². The number of benzene rings is 1. The Balaban J connectivity index is 1.57. The molecular formula is C16H24N2O. The van der Waals surface area contributed by atoms with Gasteiger partial charge in [-0.2, -0.15) is 0 Å². The van der Waals surface area contributed by atoms with Crippen LogP contribution in [0.1, 0.15) is 42.9 Å². The molecule has 3 heteroatoms. The van der Waals surface area contributed by atoms with Gasteiger partial charge in [-0.25, -0.2) is 0 Å². The zero-order chi connectivity index (χ0) is 13.1. The van der Waals surface area contributed by atoms with Crippen LogP contribution >= 0.6 is 0 Å². The highest BCUT2D eigenvalue weighted by Crippen LogP contribution is 2.30. The maximum atomic E-state index is 6.18. The first kappa shape index (κ1) is 12.9. The molecule has 1 aromatic rings. The van der Waals surface area contributed by atoms with E-state index < -0.39 is 0 Å². The van der Waals surface area contributed by atoms with Crippen molar-refractivity contribution in [2.75, 3.05) is 26.2 Å². The zero-order valence-corrected chi connectivity index (χ0v) is 11.6. The molecule has 1 saturated heterocycles. The molecular weight excluding hydrogens is 236 g/mol. The first-order valence-electron chi connectivity index (χ1n) is 7.56. The lowest BCUT2D eigenvalue weighted by Crippen LogP contribution is -2.25. The van der Waals surface area contributed by atoms with E-state index in [-0.39, 0.29) is 6.04 Å². The standard InChI is InChI=1S/C16H24N2O/c17-16-5-3-4-13-6-7-14(12-15(13)16)19-11-10-18-8-1-2-9-18/h6-7,12,16H,1-5,8-11,17H2/t16-/m1/s1. The second kappa shape index (κ2) is 5.93. The lowest BCUT2D eigenvalue weighted by Gasteiger charge is -2.23. The van der Waals surface area contributed by atoms with Crippen molar-refractivity contribution in [2.45, 2.75) is 38.1 Å². The van der Waals surface area contributed by atoms with E-state index in [4.69, 9.17) is 10.5 Å². The third-order valence-corrected chi connectivity index (χ3v) is 4.35. The third-order valence-electron chi connectivity index (χ3n) is 4.35. The molecule has 2 aliphatic rings. The lowest BCUT2D eigenvalue weighted by molar-refractivity contribution is 0.237. The number of nitrogens with two attached hydrogens (primary N) is 1. The van der Waals surface area contributed by atoms with Crippen LogP contribution in [0.4, 0.5) is 0 Å². The Labute approximate surface area is 115 Å². The molecule has 104 valence electrons. The Morgan fingerprint density at radius 2 is 2.05 bits per heavy atom. The highest BCUT2D eigenvalue weighted by molar-refractivity contribution is 5.39. The molecule has 0 spiro atoms. The summed E-state index contributed by atoms with van der Waals surface area (Å²) in [6.07, 6.45) is 6.16. The molecule has 3 nitrogen and oxygen atoms in total. The van der Waals surface area contributed by atoms with Gasteiger partial charge in [-0.05, 0) is 68.5 Å². The molecule has 1 fully saturated rings. The van der Waals surface area contributed by atoms with Crippen molar-refractivity contribution in [2.24, 2.45) is 5.73 Å². The van der Waals surface area contributed by atoms with E-state index in [0.717, 1.165) is 31.7 Å². The van der Waals surface area contributed by atoms with Gasteiger partial charge in [0.1, 0.15) is 12.4 Å². The SMILES string of the molecule is N[C@@H]1CCCc2ccc(OCCN3CCCC3)cc21. The molecule has 0 aromatic heterocycles. The largest absolute Gasteiger partial charge is 0.492 e. The lowest BCUT2D eigenvalue weighted by atomic mass is 9.88. The maximum absolute atomic E-state index is 6.18. The molecule has 0 radical (unpaired) electrons. The molecule has 1 aromatic carbocycles. The summed E-state index contributed by atoms with van der Waals surface area (Å²) in [4.78, 5) is 2.48. The average Bonchev–Trinajstić information content (AvgIpc) is 2.93. The van der Waals surface area contributed by atoms with E-state index in [1.54, 1.807) is 0 Å². The minimum absolute atomic E-state index is 0.200. The Hall–Kier alpha value is -1.06. The Morgan fingerprint density at radius 3 is 2.89 bits per heavy atom. The summed E-state index contributed by atoms with van der Waals surface area (Å²) in [7, 11) is 0. The zero-order valence-electron chi connectivity index (χ0n) is 11.6. The van der Waals surface area contributed by atoms with Crippen molar-refractivity contribution < 1.29 is 4.74 Å². The Bertz CT molecular complexity index is 427. The summed E-state index contributed by atoms with van der Waals surface area (Å²) in [5.41, 5.74) is 8.88. The maximum Gasteiger partial charge on any atom is 0.119 e. The van der Waals surface area contributed by atoms with Crippen LogP contribution in [0.3, 0.4) is 0 Å². The number of likely N-dealkylation sites (tertiary alicyclic amines) is 1. The fourth-order valence-electron chi connectivity index (χ4n) is 3.20. The Morgan fingerprint density at radius 1 is 1.21 bits per heavy atom. The minimum Gasteiger partial charge on any atom is -0.492 e. The topological polar surface area (TPSA) is 38.5 Å². The van der Waals surface area contributed by atoms with Gasteiger partial charge in [-0.15, -0.1) is 0 Å². The molecule has 3 rings (SSSR count). The van der Waals surface area contributed by atoms with Crippen LogP contribution < -0.4 is 10.5 Å². The second-order valence-electron chi connectivity index (χ2n) is 5.76. The smallest absolute Gasteiger partial charge is 0.119 e. The van der Waals surface area contributed by atoms with E-state index in [1.165, 1.54) is 43.5 Å². The summed E-state index contributed by atoms with van der Waals surface area (Å²) < 4.78 is 5.89. The van der Waals surface area contributed by atoms with Gasteiger partial charge in [0.25, 0.3) is 0 Å². The fraction of sp³-hybridized carbons (Fsp3) is 0.625. The van der Waals surface area contributed by atoms with Gasteiger partial charge in [0, 0.05) is 12.6 Å². The normalized spacial score (nSPS) is 23.3. The predicted octanol–water partition coefficient (Wildman–Crippen LogP) is 2.50. The average molecular weight is 260 g/mol. The number of aryl methyl sites for hydroxylation is 1. The first-order valence-corrected chi connectivity index (χ1v) is 7.56. The Kier molecular flexibility index (Phi) is 4.04. The molecule has 1 atom stereocenters. The van der Waals surface area contributed by atoms with Gasteiger partial charge in [0.15, 0.2) is 0 Å². The monoisotopic (exact) mass is 260 g/mol. The van der Waals surface area contributed by atoms with Crippen LogP contribution in [0.15, 0.2) is 18.2 Å². The van der Waals surface area contributed by atoms with Gasteiger partial charge < -0.3 is 10.5 Å². The number of hydrogen-bond donors (Lipinski definition) is 1. The molecule has 0 saturated carbocycles. The molecule has 0 unspecified atom stereocenters. The van der Waals surface area contributed by atoms with Crippen LogP contribution in [0, 0.1) is 0 Å². The fourth-order valence-corrected chi connectivity index (χ4v) is 3.20. The van der Waals surface area contributed by atoms with Crippen LogP contribution in [0.5, 0.6) is 5.75 Å². The summed E-state index contributed by atoms with van der Waals surface area (Å²) in [6, 6.07) is 6.65. The minimum atomic E-state index is 0.200. The molecule has 1 aliphatic carbocycles. The van der Waals surface area contributed by atoms with E-state index in [2.05, 4.69) is 23.1 Å². The van der Waals surface area contributed by atoms with Crippen molar-refractivity contribution in [3.8, 4) is 5.75 Å². The highest BCUT2D eigenvalue weighted by atomic mass is 16.5. The van der Waals surface area contributed by atoms with Gasteiger partial charge in [0.05, 0.1) is 0 Å². The molecule has 1 heterocycles. The van der Waals surface area contributed by atoms with Crippen molar-refractivity contribution >= 4 is 0 Å². The molecule has 1 aliphatic heterocycles. The van der Waals surface area contributed by atoms with Crippen molar-refractivity contribution in [1.82, 2.24) is 4.90 Å². The number of ether oxygens (including phenoxy) is 1. The van der Waals surface area contributed by atoms with E-state index in [0.29, 0.717) is 0 Å². The van der Waals surface area contributed by atoms with E-state index >= 15 is 0 Å². The van der Waals surface area contributed by atoms with Crippen LogP contribution in [0.25, 0.3) is 0 Å². The third kappa shape index (κ3) is 3.10. The summed E-state index contributed by atoms with van der Waals surface area (Å²) >= 11 is 0. The summed E-state index contributed by atoms with van der Waals surface area (Å²) in [6.45, 7) is 4.30. The van der Waals surface area contributed by atoms with E-state index in [1.807, 2.05) is 0 Å². The highest BCUT2D eigenvalue weighted by Gasteiger charge is 2.17. The van der Waals surface area contributed by atoms with Crippen LogP contribution in [-0.4, -0.2) is 31.1 Å². The first-order chi connectivity index (χ1) is 9.33. The van der Waals surface area contributed by atoms with Gasteiger partial charge in [-0.3, -0.25) is 4.90 Å². The van der Waals surface area contributed by atoms with Crippen molar-refractivity contribution in [3.63, 3.8) is 0 Å². The molecule has 19 heavy (non-hydrogen) atoms. The number of nitrogens with zero attached hydrogens (tertiary/aromatic N) is 1. The quantitative estimate of drug-likeness (QED) is 0.904. The number of hydrogen-bond acceptors (Lipinski definition) is 3. The number of fused-ring (bicyclic) bond motifs is 1. The van der Waals surface area contributed by atoms with Gasteiger partial charge in [-0.1, -0.05) is 6.07 Å². The van der Waals surface area contributed by atoms with Gasteiger partial charge in [0.2, 0.25) is 0 Å². The predicted molar refractivity (Wildman–Crippen MR) is 77.5 cm³/mol. The number of rotatable bonds is 4. The van der Waals surface area contributed by atoms with Crippen LogP contribution in [0.2, 0.25) is 0 Å². The van der Waals surface area contributed by atoms with Crippen LogP contribution in [-0.2, 0) is 6.42 Å². The van der Waals surface area contributed by atoms with Crippen molar-refractivity contribution in [3.05, 3.63) is 29.3 Å².